The van der Waals surface area contributed by atoms with Crippen molar-refractivity contribution in [3.63, 3.8) is 0 Å². The van der Waals surface area contributed by atoms with Gasteiger partial charge in [0.25, 0.3) is 0 Å². The van der Waals surface area contributed by atoms with Crippen LogP contribution in [0.4, 0.5) is 0 Å². The van der Waals surface area contributed by atoms with Crippen molar-refractivity contribution in [1.29, 1.82) is 0 Å². The van der Waals surface area contributed by atoms with Crippen molar-refractivity contribution in [3.8, 4) is 0 Å². The number of allylic oxidation sites excluding steroid dienone is 10. The summed E-state index contributed by atoms with van der Waals surface area (Å²) in [5.41, 5.74) is 0. The van der Waals surface area contributed by atoms with Gasteiger partial charge in [0.1, 0.15) is 12.6 Å². The normalized spacial score (nSPS) is 13.5. The summed E-state index contributed by atoms with van der Waals surface area (Å²) < 4.78 is 17.1. The molecule has 0 spiro atoms. The summed E-state index contributed by atoms with van der Waals surface area (Å²) in [6.45, 7) is 4.47. The molecule has 0 amide bonds. The topological polar surface area (TPSA) is 102 Å². The lowest BCUT2D eigenvalue weighted by molar-refractivity contribution is -0.889. The van der Waals surface area contributed by atoms with Gasteiger partial charge in [0.15, 0.2) is 6.10 Å². The Kier molecular flexibility index (Phi) is 37.8. The third-order valence-electron chi connectivity index (χ3n) is 9.89. The second-order valence-electron chi connectivity index (χ2n) is 16.3. The zero-order valence-corrected chi connectivity index (χ0v) is 37.2. The van der Waals surface area contributed by atoms with Crippen LogP contribution in [0.2, 0.25) is 0 Å². The van der Waals surface area contributed by atoms with Gasteiger partial charge >= 0.3 is 11.9 Å². The number of nitrogens with zero attached hydrogens (tertiary/aromatic N) is 1. The lowest BCUT2D eigenvalue weighted by Crippen LogP contribution is -2.55. The highest BCUT2D eigenvalue weighted by molar-refractivity contribution is 5.70. The van der Waals surface area contributed by atoms with E-state index in [-0.39, 0.29) is 49.1 Å². The molecule has 0 bridgehead atoms. The first-order chi connectivity index (χ1) is 27.6. The van der Waals surface area contributed by atoms with Gasteiger partial charge < -0.3 is 28.6 Å². The van der Waals surface area contributed by atoms with Crippen LogP contribution in [0.25, 0.3) is 0 Å². The summed E-state index contributed by atoms with van der Waals surface area (Å²) in [7, 11) is 5.38. The van der Waals surface area contributed by atoms with E-state index in [1.807, 2.05) is 0 Å². The van der Waals surface area contributed by atoms with E-state index >= 15 is 0 Å². The number of rotatable bonds is 40. The Labute approximate surface area is 349 Å². The Morgan fingerprint density at radius 3 is 1.51 bits per heavy atom. The molecular weight excluding hydrogens is 715 g/mol. The van der Waals surface area contributed by atoms with E-state index in [1.165, 1.54) is 77.0 Å². The maximum atomic E-state index is 12.7. The molecule has 0 aromatic carbocycles. The first-order valence-electron chi connectivity index (χ1n) is 22.8. The molecule has 2 unspecified atom stereocenters. The highest BCUT2D eigenvalue weighted by atomic mass is 16.6. The van der Waals surface area contributed by atoms with Crippen LogP contribution in [-0.4, -0.2) is 75.5 Å². The number of unbranched alkanes of at least 4 members (excludes halogenated alkanes) is 16. The Morgan fingerprint density at radius 1 is 0.544 bits per heavy atom. The maximum Gasteiger partial charge on any atom is 0.306 e. The zero-order valence-electron chi connectivity index (χ0n) is 37.2. The number of likely N-dealkylation sites (N-methyl/N-ethyl adjacent to an activating group) is 1. The van der Waals surface area contributed by atoms with E-state index < -0.39 is 18.1 Å². The van der Waals surface area contributed by atoms with Gasteiger partial charge in [-0.1, -0.05) is 152 Å². The van der Waals surface area contributed by atoms with Crippen molar-refractivity contribution in [2.45, 2.75) is 193 Å². The van der Waals surface area contributed by atoms with Crippen LogP contribution < -0.4 is 5.11 Å². The van der Waals surface area contributed by atoms with E-state index in [1.54, 1.807) is 21.1 Å². The molecule has 0 saturated carbocycles. The molecule has 0 aliphatic heterocycles. The Bertz CT molecular complexity index is 1120. The fraction of sp³-hybridized carbons (Fsp3) is 0.735. The summed E-state index contributed by atoms with van der Waals surface area (Å²) in [6.07, 6.45) is 48.4. The molecule has 0 rings (SSSR count). The largest absolute Gasteiger partial charge is 0.544 e. The van der Waals surface area contributed by atoms with Crippen molar-refractivity contribution in [2.24, 2.45) is 0 Å². The van der Waals surface area contributed by atoms with Gasteiger partial charge in [-0.15, -0.1) is 0 Å². The number of hydrogen-bond donors (Lipinski definition) is 0. The van der Waals surface area contributed by atoms with Gasteiger partial charge in [0, 0.05) is 19.3 Å². The number of quaternary nitrogens is 1. The second-order valence-corrected chi connectivity index (χ2v) is 16.3. The van der Waals surface area contributed by atoms with Crippen molar-refractivity contribution in [1.82, 2.24) is 0 Å². The highest BCUT2D eigenvalue weighted by Gasteiger charge is 2.25. The van der Waals surface area contributed by atoms with Gasteiger partial charge in [-0.3, -0.25) is 9.59 Å². The fourth-order valence-corrected chi connectivity index (χ4v) is 6.36. The SMILES string of the molecule is CC/C=C/C/C=C/C/C=C/CCCC(=O)OCC(COCCC(C(=O)[O-])[N+](C)(C)C)OC(=O)CCCCCCCCC/C=C/C/C=C/CCCCCCCCCC. The molecule has 0 aliphatic rings. The average Bonchev–Trinajstić information content (AvgIpc) is 3.17. The van der Waals surface area contributed by atoms with Crippen LogP contribution in [0.5, 0.6) is 0 Å². The number of carbonyl (C=O) groups excluding carboxylic acids is 3. The lowest BCUT2D eigenvalue weighted by atomic mass is 10.1. The van der Waals surface area contributed by atoms with Gasteiger partial charge in [-0.25, -0.2) is 0 Å². The van der Waals surface area contributed by atoms with Crippen LogP contribution >= 0.6 is 0 Å². The summed E-state index contributed by atoms with van der Waals surface area (Å²) in [6, 6.07) is -0.736. The number of carbonyl (C=O) groups is 3. The van der Waals surface area contributed by atoms with Gasteiger partial charge in [0.05, 0.1) is 40.3 Å². The number of hydrogen-bond acceptors (Lipinski definition) is 7. The molecule has 0 aliphatic carbocycles. The van der Waals surface area contributed by atoms with Crippen molar-refractivity contribution in [3.05, 3.63) is 60.8 Å². The van der Waals surface area contributed by atoms with Crippen LogP contribution in [0.3, 0.4) is 0 Å². The predicted molar refractivity (Wildman–Crippen MR) is 236 cm³/mol. The number of aliphatic carboxylic acids is 1. The Morgan fingerprint density at radius 2 is 1.00 bits per heavy atom. The minimum absolute atomic E-state index is 0.0195. The van der Waals surface area contributed by atoms with E-state index in [9.17, 15) is 19.5 Å². The molecule has 0 aromatic heterocycles. The zero-order chi connectivity index (χ0) is 42.1. The second kappa shape index (κ2) is 39.8. The summed E-state index contributed by atoms with van der Waals surface area (Å²) in [4.78, 5) is 36.8. The number of esters is 2. The molecule has 328 valence electrons. The fourth-order valence-electron chi connectivity index (χ4n) is 6.36. The molecule has 57 heavy (non-hydrogen) atoms. The maximum absolute atomic E-state index is 12.7. The molecule has 0 fully saturated rings. The van der Waals surface area contributed by atoms with Crippen LogP contribution in [-0.2, 0) is 28.6 Å². The van der Waals surface area contributed by atoms with Crippen LogP contribution in [0.1, 0.15) is 181 Å². The first-order valence-corrected chi connectivity index (χ1v) is 22.8. The van der Waals surface area contributed by atoms with Gasteiger partial charge in [-0.2, -0.15) is 0 Å². The molecule has 0 aromatic rings. The van der Waals surface area contributed by atoms with E-state index in [4.69, 9.17) is 14.2 Å². The molecule has 2 atom stereocenters. The van der Waals surface area contributed by atoms with E-state index in [2.05, 4.69) is 74.6 Å². The minimum atomic E-state index is -1.13. The van der Waals surface area contributed by atoms with E-state index in [0.29, 0.717) is 12.8 Å². The smallest absolute Gasteiger partial charge is 0.306 e. The first kappa shape index (κ1) is 54.0. The summed E-state index contributed by atoms with van der Waals surface area (Å²) >= 11 is 0. The lowest BCUT2D eigenvalue weighted by Gasteiger charge is -2.34. The molecule has 8 nitrogen and oxygen atoms in total. The predicted octanol–water partition coefficient (Wildman–Crippen LogP) is 11.2. The van der Waals surface area contributed by atoms with E-state index in [0.717, 1.165) is 64.2 Å². The molecule has 8 heteroatoms. The molecule has 0 saturated heterocycles. The van der Waals surface area contributed by atoms with Crippen molar-refractivity contribution in [2.75, 3.05) is 41.0 Å². The molecule has 0 radical (unpaired) electrons. The molecule has 0 heterocycles. The van der Waals surface area contributed by atoms with Crippen molar-refractivity contribution >= 4 is 17.9 Å². The van der Waals surface area contributed by atoms with Crippen molar-refractivity contribution < 1.29 is 38.2 Å². The monoisotopic (exact) mass is 800 g/mol. The minimum Gasteiger partial charge on any atom is -0.544 e. The summed E-state index contributed by atoms with van der Waals surface area (Å²) in [5.74, 6) is -1.82. The van der Waals surface area contributed by atoms with Gasteiger partial charge in [0.2, 0.25) is 0 Å². The molecular formula is C49H85NO7. The number of ether oxygens (including phenoxy) is 3. The highest BCUT2D eigenvalue weighted by Crippen LogP contribution is 2.13. The number of carboxylic acid groups (broad SMARTS) is 1. The third kappa shape index (κ3) is 38.3. The Balaban J connectivity index is 4.32. The van der Waals surface area contributed by atoms with Gasteiger partial charge in [-0.05, 0) is 70.6 Å². The number of carboxylic acids is 1. The summed E-state index contributed by atoms with van der Waals surface area (Å²) in [5, 5.41) is 11.6. The standard InChI is InChI=1S/C49H85NO7/c1-6-8-10-12-14-16-18-19-20-21-22-23-24-25-26-27-28-30-32-34-36-38-40-48(52)57-45(43-55-42-41-46(49(53)54)50(3,4)5)44-56-47(51)39-37-35-33-31-29-17-15-13-11-9-7-2/h9,11,15,17,21-22,24-25,31,33,45-46H,6-8,10,12-14,16,18-20,23,26-30,32,34-44H2,1-5H3/b11-9+,17-15+,22-21+,25-24+,33-31+. The van der Waals surface area contributed by atoms with Crippen LogP contribution in [0.15, 0.2) is 60.8 Å². The Hall–Kier alpha value is -2.97. The quantitative estimate of drug-likeness (QED) is 0.0263. The average molecular weight is 800 g/mol. The third-order valence-corrected chi connectivity index (χ3v) is 9.89. The molecule has 0 N–H and O–H groups in total. The van der Waals surface area contributed by atoms with Crippen LogP contribution in [0, 0.1) is 0 Å².